The van der Waals surface area contributed by atoms with E-state index in [-0.39, 0.29) is 0 Å². The molecule has 0 radical (unpaired) electrons. The third kappa shape index (κ3) is 4.78. The van der Waals surface area contributed by atoms with E-state index in [4.69, 9.17) is 9.97 Å². The van der Waals surface area contributed by atoms with Crippen LogP contribution in [0, 0.1) is 0 Å². The molecule has 0 N–H and O–H groups in total. The van der Waals surface area contributed by atoms with E-state index in [9.17, 15) is 0 Å². The molecule has 1 aliphatic carbocycles. The quantitative estimate of drug-likeness (QED) is 0.177. The third-order valence-electron chi connectivity index (χ3n) is 9.95. The van der Waals surface area contributed by atoms with Crippen molar-refractivity contribution in [2.75, 3.05) is 0 Å². The zero-order chi connectivity index (χ0) is 33.0. The second-order valence-corrected chi connectivity index (χ2v) is 14.0. The summed E-state index contributed by atoms with van der Waals surface area (Å²) in [4.78, 5) is 11.6. The largest absolute Gasteiger partial charge is 0.252 e. The number of aromatic nitrogens is 2. The first-order valence-corrected chi connectivity index (χ1v) is 17.9. The monoisotopic (exact) mass is 654 g/mol. The summed E-state index contributed by atoms with van der Waals surface area (Å²) in [6, 6.07) is 50.2. The lowest BCUT2D eigenvalue weighted by molar-refractivity contribution is 1.31. The number of thiophene rings is 1. The minimum Gasteiger partial charge on any atom is -0.252 e. The molecular weight excluding hydrogens is 625 g/mol. The minimum absolute atomic E-state index is 0.873. The highest BCUT2D eigenvalue weighted by Gasteiger charge is 2.15. The van der Waals surface area contributed by atoms with Gasteiger partial charge in [-0.1, -0.05) is 152 Å². The highest BCUT2D eigenvalue weighted by atomic mass is 32.1. The van der Waals surface area contributed by atoms with Crippen molar-refractivity contribution in [1.29, 1.82) is 0 Å². The highest BCUT2D eigenvalue weighted by Crippen LogP contribution is 2.41. The van der Waals surface area contributed by atoms with Crippen molar-refractivity contribution in [3.63, 3.8) is 0 Å². The van der Waals surface area contributed by atoms with Gasteiger partial charge in [0.25, 0.3) is 0 Å². The lowest BCUT2D eigenvalue weighted by Gasteiger charge is -2.11. The predicted molar refractivity (Wildman–Crippen MR) is 214 cm³/mol. The van der Waals surface area contributed by atoms with Gasteiger partial charge < -0.3 is 0 Å². The summed E-state index contributed by atoms with van der Waals surface area (Å²) in [5, 5.41) is 6.01. The first-order chi connectivity index (χ1) is 24.8. The first kappa shape index (κ1) is 28.8. The summed E-state index contributed by atoms with van der Waals surface area (Å²) in [5.74, 6) is 0. The van der Waals surface area contributed by atoms with Gasteiger partial charge in [-0.3, -0.25) is 4.98 Å². The number of hydrogen-bond donors (Lipinski definition) is 0. The van der Waals surface area contributed by atoms with Crippen LogP contribution in [0.5, 0.6) is 0 Å². The zero-order valence-corrected chi connectivity index (χ0v) is 28.0. The fourth-order valence-electron chi connectivity index (χ4n) is 7.50. The molecule has 50 heavy (non-hydrogen) atoms. The number of benzene rings is 7. The summed E-state index contributed by atoms with van der Waals surface area (Å²) < 4.78 is 1.36. The smallest absolute Gasteiger partial charge is 0.0979 e. The molecule has 234 valence electrons. The van der Waals surface area contributed by atoms with Crippen molar-refractivity contribution >= 4 is 60.1 Å². The molecule has 9 aromatic rings. The van der Waals surface area contributed by atoms with Crippen LogP contribution in [-0.2, 0) is 6.42 Å². The average Bonchev–Trinajstić information content (AvgIpc) is 3.38. The van der Waals surface area contributed by atoms with Gasteiger partial charge in [-0.2, -0.15) is 0 Å². The average molecular weight is 655 g/mol. The van der Waals surface area contributed by atoms with E-state index in [1.54, 1.807) is 0 Å². The SMILES string of the molecule is C1=CCc2sc3c(-c4cccc(-c5ccc(-c6cccc(-c7cnc8c9ccccc9c9ccccc9c8n7)c6)cc5)c4)cccc3c2C=C1. The van der Waals surface area contributed by atoms with Gasteiger partial charge in [0.05, 0.1) is 22.9 Å². The van der Waals surface area contributed by atoms with Crippen molar-refractivity contribution in [3.05, 3.63) is 174 Å². The van der Waals surface area contributed by atoms with E-state index >= 15 is 0 Å². The van der Waals surface area contributed by atoms with E-state index in [1.165, 1.54) is 59.1 Å². The van der Waals surface area contributed by atoms with Crippen LogP contribution in [0.4, 0.5) is 0 Å². The van der Waals surface area contributed by atoms with Crippen molar-refractivity contribution in [1.82, 2.24) is 9.97 Å². The van der Waals surface area contributed by atoms with E-state index in [0.717, 1.165) is 45.0 Å². The number of allylic oxidation sites excluding steroid dienone is 3. The number of nitrogens with zero attached hydrogens (tertiary/aromatic N) is 2. The number of rotatable bonds is 4. The van der Waals surface area contributed by atoms with Gasteiger partial charge in [-0.25, -0.2) is 4.98 Å². The second-order valence-electron chi connectivity index (χ2n) is 12.9. The lowest BCUT2D eigenvalue weighted by atomic mass is 9.95. The predicted octanol–water partition coefficient (Wildman–Crippen LogP) is 12.9. The molecular formula is C47H30N2S. The molecule has 2 nitrogen and oxygen atoms in total. The Morgan fingerprint density at radius 1 is 0.480 bits per heavy atom. The van der Waals surface area contributed by atoms with Gasteiger partial charge in [0.1, 0.15) is 0 Å². The summed E-state index contributed by atoms with van der Waals surface area (Å²) in [6.45, 7) is 0. The molecule has 0 amide bonds. The maximum absolute atomic E-state index is 5.22. The molecule has 7 aromatic carbocycles. The van der Waals surface area contributed by atoms with Gasteiger partial charge >= 0.3 is 0 Å². The van der Waals surface area contributed by atoms with Crippen LogP contribution in [-0.4, -0.2) is 9.97 Å². The van der Waals surface area contributed by atoms with E-state index in [2.05, 4.69) is 164 Å². The summed E-state index contributed by atoms with van der Waals surface area (Å²) in [6.07, 6.45) is 11.7. The van der Waals surface area contributed by atoms with E-state index < -0.39 is 0 Å². The van der Waals surface area contributed by atoms with Crippen molar-refractivity contribution < 1.29 is 0 Å². The summed E-state index contributed by atoms with van der Waals surface area (Å²) in [5.41, 5.74) is 12.5. The molecule has 0 unspecified atom stereocenters. The van der Waals surface area contributed by atoms with Crippen LogP contribution in [0.25, 0.3) is 93.4 Å². The Hall–Kier alpha value is -6.16. The molecule has 0 aliphatic heterocycles. The Morgan fingerprint density at radius 2 is 1.08 bits per heavy atom. The van der Waals surface area contributed by atoms with E-state index in [1.807, 2.05) is 17.5 Å². The molecule has 10 rings (SSSR count). The zero-order valence-electron chi connectivity index (χ0n) is 27.2. The molecule has 2 heterocycles. The molecule has 0 atom stereocenters. The van der Waals surface area contributed by atoms with Crippen LogP contribution >= 0.6 is 11.3 Å². The second kappa shape index (κ2) is 11.8. The number of fused-ring (bicyclic) bond motifs is 9. The van der Waals surface area contributed by atoms with Gasteiger partial charge in [0.2, 0.25) is 0 Å². The molecule has 0 saturated heterocycles. The molecule has 0 bridgehead atoms. The Bertz CT molecular complexity index is 2800. The maximum atomic E-state index is 5.22. The van der Waals surface area contributed by atoms with E-state index in [0.29, 0.717) is 0 Å². The van der Waals surface area contributed by atoms with Crippen molar-refractivity contribution in [2.45, 2.75) is 6.42 Å². The van der Waals surface area contributed by atoms with Crippen LogP contribution in [0.2, 0.25) is 0 Å². The Morgan fingerprint density at radius 3 is 1.82 bits per heavy atom. The van der Waals surface area contributed by atoms with Crippen molar-refractivity contribution in [2.24, 2.45) is 0 Å². The van der Waals surface area contributed by atoms with Crippen LogP contribution in [0.15, 0.2) is 164 Å². The minimum atomic E-state index is 0.873. The fraction of sp³-hybridized carbons (Fsp3) is 0.0213. The molecule has 0 spiro atoms. The van der Waals surface area contributed by atoms with Gasteiger partial charge in [0, 0.05) is 37.7 Å². The van der Waals surface area contributed by atoms with Crippen molar-refractivity contribution in [3.8, 4) is 44.6 Å². The molecule has 3 heteroatoms. The van der Waals surface area contributed by atoms with Crippen LogP contribution in [0.3, 0.4) is 0 Å². The fourth-order valence-corrected chi connectivity index (χ4v) is 8.79. The van der Waals surface area contributed by atoms with Gasteiger partial charge in [-0.05, 0) is 61.8 Å². The van der Waals surface area contributed by atoms with Crippen LogP contribution < -0.4 is 0 Å². The lowest BCUT2D eigenvalue weighted by Crippen LogP contribution is -1.92. The molecule has 0 fully saturated rings. The Balaban J connectivity index is 0.984. The Kier molecular flexibility index (Phi) is 6.78. The standard InChI is InChI=1S/C47H30N2S/c1-2-17-39-42-21-10-20-36(47(42)50-44(39)22-3-1)34-13-8-11-32(27-34)30-23-25-31(26-24-30)33-12-9-14-35(28-33)43-29-48-45-40-18-6-4-15-37(40)38-16-5-7-19-41(38)46(45)49-43/h1-21,23-29H,22H2. The number of hydrogen-bond acceptors (Lipinski definition) is 3. The normalized spacial score (nSPS) is 12.6. The highest BCUT2D eigenvalue weighted by molar-refractivity contribution is 7.20. The first-order valence-electron chi connectivity index (χ1n) is 17.0. The molecule has 1 aliphatic rings. The Labute approximate surface area is 294 Å². The summed E-state index contributed by atoms with van der Waals surface area (Å²) >= 11 is 1.93. The maximum Gasteiger partial charge on any atom is 0.0979 e. The third-order valence-corrected chi connectivity index (χ3v) is 11.2. The van der Waals surface area contributed by atoms with Gasteiger partial charge in [-0.15, -0.1) is 11.3 Å². The topological polar surface area (TPSA) is 25.8 Å². The molecule has 0 saturated carbocycles. The van der Waals surface area contributed by atoms with Gasteiger partial charge in [0.15, 0.2) is 0 Å². The molecule has 2 aromatic heterocycles. The summed E-state index contributed by atoms with van der Waals surface area (Å²) in [7, 11) is 0. The van der Waals surface area contributed by atoms with Crippen LogP contribution in [0.1, 0.15) is 10.4 Å².